The van der Waals surface area contributed by atoms with Gasteiger partial charge in [0.15, 0.2) is 0 Å². The van der Waals surface area contributed by atoms with Gasteiger partial charge < -0.3 is 52.4 Å². The molecule has 7 aromatic carbocycles. The Kier molecular flexibility index (Phi) is 24.3. The molecule has 22 nitrogen and oxygen atoms in total. The molecule has 88 heavy (non-hydrogen) atoms. The molecule has 3 heterocycles. The highest BCUT2D eigenvalue weighted by atomic mass is 35.5. The molecule has 10 aromatic rings. The van der Waals surface area contributed by atoms with Gasteiger partial charge in [0.25, 0.3) is 5.91 Å². The van der Waals surface area contributed by atoms with Gasteiger partial charge in [-0.1, -0.05) is 140 Å². The number of halogens is 1. The molecular weight excluding hydrogens is 1130 g/mol. The van der Waals surface area contributed by atoms with Gasteiger partial charge in [0, 0.05) is 44.8 Å². The van der Waals surface area contributed by atoms with E-state index in [0.29, 0.717) is 89.9 Å². The first-order chi connectivity index (χ1) is 43.0. The van der Waals surface area contributed by atoms with Gasteiger partial charge in [-0.2, -0.15) is 24.9 Å². The number of anilines is 8. The number of benzene rings is 7. The molecule has 0 saturated heterocycles. The lowest BCUT2D eigenvalue weighted by molar-refractivity contribution is 0.0592. The third kappa shape index (κ3) is 21.2. The molecule has 0 aliphatic heterocycles. The molecule has 0 spiro atoms. The van der Waals surface area contributed by atoms with Crippen LogP contribution in [0.25, 0.3) is 0 Å². The predicted molar refractivity (Wildman–Crippen MR) is 343 cm³/mol. The Morgan fingerprint density at radius 3 is 1.11 bits per heavy atom. The maximum Gasteiger partial charge on any atom is 0.337 e. The van der Waals surface area contributed by atoms with Crippen molar-refractivity contribution in [3.8, 4) is 0 Å². The van der Waals surface area contributed by atoms with E-state index in [1.807, 2.05) is 103 Å². The summed E-state index contributed by atoms with van der Waals surface area (Å²) in [6.07, 6.45) is 5.57. The van der Waals surface area contributed by atoms with Crippen LogP contribution in [-0.4, -0.2) is 96.6 Å². The maximum absolute atomic E-state index is 12.5. The second-order valence-corrected chi connectivity index (χ2v) is 19.5. The lowest BCUT2D eigenvalue weighted by atomic mass is 10.1. The predicted octanol–water partition coefficient (Wildman–Crippen LogP) is 10.5. The molecule has 0 aliphatic rings. The van der Waals surface area contributed by atoms with Crippen LogP contribution in [0.3, 0.4) is 0 Å². The van der Waals surface area contributed by atoms with Gasteiger partial charge in [0.05, 0.1) is 36.7 Å². The van der Waals surface area contributed by atoms with Crippen LogP contribution < -0.4 is 43.0 Å². The summed E-state index contributed by atoms with van der Waals surface area (Å²) < 4.78 is 9.38. The van der Waals surface area contributed by atoms with Crippen molar-refractivity contribution in [1.82, 2.24) is 44.9 Å². The Labute approximate surface area is 514 Å². The molecule has 0 aliphatic carbocycles. The van der Waals surface area contributed by atoms with Crippen molar-refractivity contribution in [2.45, 2.75) is 38.9 Å². The number of para-hydroxylation sites is 2. The fraction of sp³-hybridized carbons (Fsp3) is 0.169. The Bertz CT molecular complexity index is 3770. The smallest absolute Gasteiger partial charge is 0.337 e. The van der Waals surface area contributed by atoms with E-state index in [9.17, 15) is 14.4 Å². The maximum atomic E-state index is 12.5. The average molecular weight is 1200 g/mol. The van der Waals surface area contributed by atoms with E-state index in [2.05, 4.69) is 123 Å². The lowest BCUT2D eigenvalue weighted by Crippen LogP contribution is -2.13. The molecule has 3 aromatic heterocycles. The first-order valence-corrected chi connectivity index (χ1v) is 28.4. The number of carbonyl (C=O) groups is 3. The molecule has 448 valence electrons. The highest BCUT2D eigenvalue weighted by Crippen LogP contribution is 2.19. The number of ether oxygens (including phenoxy) is 2. The minimum atomic E-state index is -0.366. The molecule has 10 rings (SSSR count). The fourth-order valence-electron chi connectivity index (χ4n) is 8.21. The third-order valence-electron chi connectivity index (χ3n) is 12.9. The zero-order valence-electron chi connectivity index (χ0n) is 48.4. The van der Waals surface area contributed by atoms with E-state index in [0.717, 1.165) is 49.0 Å². The van der Waals surface area contributed by atoms with Crippen LogP contribution >= 0.6 is 11.6 Å². The fourth-order valence-corrected chi connectivity index (χ4v) is 8.37. The molecule has 9 N–H and O–H groups in total. The summed E-state index contributed by atoms with van der Waals surface area (Å²) in [6, 6.07) is 59.4. The van der Waals surface area contributed by atoms with Gasteiger partial charge in [-0.25, -0.2) is 29.5 Å². The highest BCUT2D eigenvalue weighted by molar-refractivity contribution is 6.28. The largest absolute Gasteiger partial charge is 0.465 e. The number of aromatic nitrogens is 9. The van der Waals surface area contributed by atoms with E-state index in [4.69, 9.17) is 22.1 Å². The quantitative estimate of drug-likeness (QED) is 0.0195. The monoisotopic (exact) mass is 1200 g/mol. The number of nitrogens with two attached hydrogens (primary N) is 1. The molecule has 0 fully saturated rings. The van der Waals surface area contributed by atoms with Gasteiger partial charge in [0.2, 0.25) is 41.0 Å². The SMILES string of the molecule is COC(=O)c1ccc(CNc2nc(Cl)nc(NCCc3ccccc3)n2)cc1.COC(=O)c1ccc(CNc2ncnc(NCCc3ccccc3)n2)cc1.Nc1ccccc1NC(=O)c1ccc(CNc2ncnc(NCCc3ccccc3)n2)cc1. The van der Waals surface area contributed by atoms with Crippen LogP contribution in [0.2, 0.25) is 5.28 Å². The van der Waals surface area contributed by atoms with Gasteiger partial charge >= 0.3 is 11.9 Å². The number of nitrogens with zero attached hydrogens (tertiary/aromatic N) is 9. The Hall–Kier alpha value is -11.1. The first kappa shape index (κ1) is 62.9. The van der Waals surface area contributed by atoms with Crippen molar-refractivity contribution in [1.29, 1.82) is 0 Å². The van der Waals surface area contributed by atoms with Crippen LogP contribution in [0, 0.1) is 0 Å². The Morgan fingerprint density at radius 2 is 0.716 bits per heavy atom. The number of esters is 2. The lowest BCUT2D eigenvalue weighted by Gasteiger charge is -2.09. The standard InChI is InChI=1S/C25H25N7O.C20H20ClN5O2.C20H21N5O2/c26-21-8-4-5-9-22(21)31-23(33)20-12-10-19(11-13-20)16-28-25-30-17-29-24(32-25)27-15-14-18-6-2-1-3-7-18;1-28-17(27)16-9-7-15(8-10-16)13-23-20-25-18(21)24-19(26-20)22-12-11-14-5-3-2-4-6-14;1-27-18(26)17-9-7-16(8-10-17)13-22-20-24-14-23-19(25-20)21-12-11-15-5-3-2-4-6-15/h1-13,17H,14-16,26H2,(H,31,33)(H2,27,28,29,30,32);2-10H,11-13H2,1H3,(H2,22,23,24,25,26);2-10,14H,11-13H2,1H3,(H2,21,22,23,24,25). The molecule has 0 saturated carbocycles. The molecule has 0 bridgehead atoms. The van der Waals surface area contributed by atoms with Crippen LogP contribution in [0.15, 0.2) is 201 Å². The Morgan fingerprint density at radius 1 is 0.386 bits per heavy atom. The second-order valence-electron chi connectivity index (χ2n) is 19.2. The highest BCUT2D eigenvalue weighted by Gasteiger charge is 2.11. The van der Waals surface area contributed by atoms with E-state index >= 15 is 0 Å². The average Bonchev–Trinajstić information content (AvgIpc) is 3.73. The molecule has 23 heteroatoms. The summed E-state index contributed by atoms with van der Waals surface area (Å²) in [7, 11) is 2.72. The summed E-state index contributed by atoms with van der Waals surface area (Å²) in [4.78, 5) is 73.3. The number of amides is 1. The first-order valence-electron chi connectivity index (χ1n) is 28.0. The van der Waals surface area contributed by atoms with Gasteiger partial charge in [0.1, 0.15) is 12.7 Å². The summed E-state index contributed by atoms with van der Waals surface area (Å²) in [6.45, 7) is 3.67. The van der Waals surface area contributed by atoms with Crippen molar-refractivity contribution in [2.75, 3.05) is 76.8 Å². The summed E-state index contributed by atoms with van der Waals surface area (Å²) in [5.74, 6) is 1.89. The van der Waals surface area contributed by atoms with Gasteiger partial charge in [-0.3, -0.25) is 4.79 Å². The number of rotatable bonds is 25. The minimum absolute atomic E-state index is 0.112. The van der Waals surface area contributed by atoms with Crippen LogP contribution in [0.4, 0.5) is 47.1 Å². The van der Waals surface area contributed by atoms with E-state index in [1.165, 1.54) is 43.6 Å². The van der Waals surface area contributed by atoms with Crippen molar-refractivity contribution in [3.05, 3.63) is 256 Å². The zero-order valence-corrected chi connectivity index (χ0v) is 49.2. The summed E-state index contributed by atoms with van der Waals surface area (Å²) >= 11 is 6.01. The normalized spacial score (nSPS) is 10.4. The topological polar surface area (TPSA) is 296 Å². The van der Waals surface area contributed by atoms with Crippen molar-refractivity contribution in [2.24, 2.45) is 0 Å². The van der Waals surface area contributed by atoms with E-state index in [1.54, 1.807) is 48.5 Å². The number of methoxy groups -OCH3 is 2. The zero-order chi connectivity index (χ0) is 61.6. The number of nitrogens with one attached hydrogen (secondary N) is 7. The van der Waals surface area contributed by atoms with E-state index < -0.39 is 0 Å². The number of nitrogen functional groups attached to an aromatic ring is 1. The van der Waals surface area contributed by atoms with Crippen LogP contribution in [-0.2, 0) is 48.4 Å². The van der Waals surface area contributed by atoms with Crippen LogP contribution in [0.1, 0.15) is 64.5 Å². The number of carbonyl (C=O) groups excluding carboxylic acids is 3. The molecule has 0 unspecified atom stereocenters. The number of hydrogen-bond donors (Lipinski definition) is 8. The summed E-state index contributed by atoms with van der Waals surface area (Å²) in [5, 5.41) is 22.0. The van der Waals surface area contributed by atoms with Crippen LogP contribution in [0.5, 0.6) is 0 Å². The van der Waals surface area contributed by atoms with Crippen molar-refractivity contribution in [3.63, 3.8) is 0 Å². The third-order valence-corrected chi connectivity index (χ3v) is 13.1. The Balaban J connectivity index is 0.000000172. The molecule has 1 amide bonds. The molecule has 0 radical (unpaired) electrons. The molecule has 0 atom stereocenters. The van der Waals surface area contributed by atoms with Crippen molar-refractivity contribution < 1.29 is 23.9 Å². The minimum Gasteiger partial charge on any atom is -0.465 e. The summed E-state index contributed by atoms with van der Waals surface area (Å²) in [5.41, 5.74) is 15.3. The molecular formula is C65H66ClN17O5. The van der Waals surface area contributed by atoms with Crippen molar-refractivity contribution >= 4 is 76.5 Å². The second kappa shape index (κ2) is 34.0. The van der Waals surface area contributed by atoms with E-state index in [-0.39, 0.29) is 23.1 Å². The van der Waals surface area contributed by atoms with Gasteiger partial charge in [-0.05, 0) is 113 Å². The number of hydrogen-bond acceptors (Lipinski definition) is 21. The van der Waals surface area contributed by atoms with Gasteiger partial charge in [-0.15, -0.1) is 0 Å².